The van der Waals surface area contributed by atoms with Gasteiger partial charge < -0.3 is 15.0 Å². The molecule has 0 radical (unpaired) electrons. The van der Waals surface area contributed by atoms with Crippen molar-refractivity contribution in [2.24, 2.45) is 0 Å². The van der Waals surface area contributed by atoms with Crippen molar-refractivity contribution in [2.45, 2.75) is 18.9 Å². The zero-order valence-electron chi connectivity index (χ0n) is 13.3. The largest absolute Gasteiger partial charge is 0.493 e. The van der Waals surface area contributed by atoms with Gasteiger partial charge in [-0.05, 0) is 53.0 Å². The Hall–Kier alpha value is -2.34. The second kappa shape index (κ2) is 6.52. The highest BCUT2D eigenvalue weighted by molar-refractivity contribution is 9.10. The van der Waals surface area contributed by atoms with Crippen molar-refractivity contribution in [1.29, 1.82) is 0 Å². The van der Waals surface area contributed by atoms with E-state index in [1.54, 1.807) is 6.07 Å². The number of aromatic nitrogens is 1. The number of benzene rings is 2. The maximum atomic E-state index is 13.7. The summed E-state index contributed by atoms with van der Waals surface area (Å²) in [6.45, 7) is 0.557. The van der Waals surface area contributed by atoms with Gasteiger partial charge in [-0.1, -0.05) is 18.2 Å². The van der Waals surface area contributed by atoms with Crippen molar-refractivity contribution >= 4 is 32.7 Å². The molecule has 2 heterocycles. The molecule has 1 aliphatic rings. The Morgan fingerprint density at radius 3 is 2.96 bits per heavy atom. The van der Waals surface area contributed by atoms with Crippen molar-refractivity contribution in [2.75, 3.05) is 6.61 Å². The summed E-state index contributed by atoms with van der Waals surface area (Å²) >= 11 is 3.50. The Kier molecular flexibility index (Phi) is 4.21. The van der Waals surface area contributed by atoms with Gasteiger partial charge in [0.15, 0.2) is 0 Å². The van der Waals surface area contributed by atoms with Crippen LogP contribution in [0.5, 0.6) is 5.75 Å². The minimum absolute atomic E-state index is 0.231. The number of amides is 1. The average Bonchev–Trinajstić information content (AvgIpc) is 2.83. The number of hydrogen-bond donors (Lipinski definition) is 2. The van der Waals surface area contributed by atoms with E-state index in [1.807, 2.05) is 24.3 Å². The summed E-state index contributed by atoms with van der Waals surface area (Å²) in [7, 11) is 0. The number of carbonyl (C=O) groups excluding carboxylic acids is 1. The third kappa shape index (κ3) is 3.02. The zero-order valence-corrected chi connectivity index (χ0v) is 14.9. The van der Waals surface area contributed by atoms with E-state index in [0.29, 0.717) is 30.0 Å². The van der Waals surface area contributed by atoms with Crippen LogP contribution in [0, 0.1) is 5.82 Å². The molecule has 0 aliphatic carbocycles. The lowest BCUT2D eigenvalue weighted by Crippen LogP contribution is -2.29. The van der Waals surface area contributed by atoms with Crippen molar-refractivity contribution in [3.8, 4) is 5.75 Å². The normalized spacial score (nSPS) is 16.8. The molecule has 0 saturated heterocycles. The molecule has 0 unspecified atom stereocenters. The summed E-state index contributed by atoms with van der Waals surface area (Å²) in [5, 5.41) is 3.96. The SMILES string of the molecule is O=C(N[C@H]1CCCOc2ccc(F)cc21)c1[nH]c2ccccc2c1Br. The highest BCUT2D eigenvalue weighted by atomic mass is 79.9. The first-order valence-electron chi connectivity index (χ1n) is 8.13. The first-order chi connectivity index (χ1) is 12.1. The van der Waals surface area contributed by atoms with Gasteiger partial charge in [-0.15, -0.1) is 0 Å². The average molecular weight is 403 g/mol. The molecule has 3 aromatic rings. The maximum absolute atomic E-state index is 13.7. The Morgan fingerprint density at radius 2 is 2.12 bits per heavy atom. The molecule has 0 bridgehead atoms. The summed E-state index contributed by atoms with van der Waals surface area (Å²) < 4.78 is 20.1. The molecule has 0 spiro atoms. The lowest BCUT2D eigenvalue weighted by atomic mass is 10.0. The monoisotopic (exact) mass is 402 g/mol. The van der Waals surface area contributed by atoms with Crippen molar-refractivity contribution in [1.82, 2.24) is 10.3 Å². The minimum atomic E-state index is -0.338. The number of fused-ring (bicyclic) bond motifs is 2. The molecule has 1 amide bonds. The van der Waals surface area contributed by atoms with Crippen LogP contribution in [0.15, 0.2) is 46.9 Å². The number of H-pyrrole nitrogens is 1. The molecule has 0 saturated carbocycles. The molecule has 0 fully saturated rings. The van der Waals surface area contributed by atoms with E-state index in [-0.39, 0.29) is 17.8 Å². The molecule has 4 rings (SSSR count). The summed E-state index contributed by atoms with van der Waals surface area (Å²) in [6, 6.07) is 11.8. The van der Waals surface area contributed by atoms with Crippen molar-refractivity contribution < 1.29 is 13.9 Å². The molecule has 25 heavy (non-hydrogen) atoms. The van der Waals surface area contributed by atoms with Crippen LogP contribution in [0.1, 0.15) is 34.9 Å². The van der Waals surface area contributed by atoms with Crippen LogP contribution in [-0.2, 0) is 0 Å². The van der Waals surface area contributed by atoms with Crippen molar-refractivity contribution in [3.63, 3.8) is 0 Å². The van der Waals surface area contributed by atoms with E-state index in [1.165, 1.54) is 12.1 Å². The molecule has 128 valence electrons. The predicted octanol–water partition coefficient (Wildman–Crippen LogP) is 4.71. The molecule has 2 aromatic carbocycles. The Morgan fingerprint density at radius 1 is 1.28 bits per heavy atom. The molecule has 1 aliphatic heterocycles. The molecule has 1 aromatic heterocycles. The quantitative estimate of drug-likeness (QED) is 0.651. The minimum Gasteiger partial charge on any atom is -0.493 e. The first kappa shape index (κ1) is 16.1. The van der Waals surface area contributed by atoms with Crippen LogP contribution < -0.4 is 10.1 Å². The van der Waals surface area contributed by atoms with Crippen LogP contribution in [0.25, 0.3) is 10.9 Å². The Bertz CT molecular complexity index is 954. The number of rotatable bonds is 2. The number of hydrogen-bond acceptors (Lipinski definition) is 2. The fourth-order valence-corrected chi connectivity index (χ4v) is 3.82. The van der Waals surface area contributed by atoms with Crippen LogP contribution in [0.4, 0.5) is 4.39 Å². The number of halogens is 2. The van der Waals surface area contributed by atoms with Gasteiger partial charge in [0, 0.05) is 16.5 Å². The highest BCUT2D eigenvalue weighted by Crippen LogP contribution is 2.33. The lowest BCUT2D eigenvalue weighted by Gasteiger charge is -2.18. The van der Waals surface area contributed by atoms with E-state index < -0.39 is 0 Å². The second-order valence-electron chi connectivity index (χ2n) is 6.06. The Labute approximate surface area is 152 Å². The predicted molar refractivity (Wildman–Crippen MR) is 97.3 cm³/mol. The van der Waals surface area contributed by atoms with E-state index in [4.69, 9.17) is 4.74 Å². The number of aromatic amines is 1. The zero-order chi connectivity index (χ0) is 17.4. The first-order valence-corrected chi connectivity index (χ1v) is 8.92. The van der Waals surface area contributed by atoms with Gasteiger partial charge >= 0.3 is 0 Å². The number of para-hydroxylation sites is 1. The van der Waals surface area contributed by atoms with Gasteiger partial charge in [0.05, 0.1) is 17.1 Å². The fraction of sp³-hybridized carbons (Fsp3) is 0.211. The number of ether oxygens (including phenoxy) is 1. The fourth-order valence-electron chi connectivity index (χ4n) is 3.19. The maximum Gasteiger partial charge on any atom is 0.269 e. The van der Waals surface area contributed by atoms with Gasteiger partial charge in [0.25, 0.3) is 5.91 Å². The summed E-state index contributed by atoms with van der Waals surface area (Å²) in [5.74, 6) is 0.0559. The standard InChI is InChI=1S/C19H16BrFN2O2/c20-17-12-4-1-2-5-14(12)22-18(17)19(24)23-15-6-3-9-25-16-8-7-11(21)10-13(15)16/h1-2,4-5,7-8,10,15,22H,3,6,9H2,(H,23,24)/t15-/m0/s1. The van der Waals surface area contributed by atoms with Gasteiger partial charge in [-0.3, -0.25) is 4.79 Å². The van der Waals surface area contributed by atoms with Crippen LogP contribution >= 0.6 is 15.9 Å². The summed E-state index contributed by atoms with van der Waals surface area (Å²) in [4.78, 5) is 15.9. The molecule has 6 heteroatoms. The van der Waals surface area contributed by atoms with E-state index >= 15 is 0 Å². The van der Waals surface area contributed by atoms with E-state index in [9.17, 15) is 9.18 Å². The van der Waals surface area contributed by atoms with Crippen LogP contribution in [0.2, 0.25) is 0 Å². The second-order valence-corrected chi connectivity index (χ2v) is 6.85. The lowest BCUT2D eigenvalue weighted by molar-refractivity contribution is 0.0929. The smallest absolute Gasteiger partial charge is 0.269 e. The van der Waals surface area contributed by atoms with Gasteiger partial charge in [-0.2, -0.15) is 0 Å². The third-order valence-corrected chi connectivity index (χ3v) is 5.24. The Balaban J connectivity index is 1.66. The third-order valence-electron chi connectivity index (χ3n) is 4.42. The molecule has 2 N–H and O–H groups in total. The summed E-state index contributed by atoms with van der Waals surface area (Å²) in [5.41, 5.74) is 2.03. The summed E-state index contributed by atoms with van der Waals surface area (Å²) in [6.07, 6.45) is 1.48. The molecule has 4 nitrogen and oxygen atoms in total. The van der Waals surface area contributed by atoms with Crippen molar-refractivity contribution in [3.05, 3.63) is 64.0 Å². The number of nitrogens with one attached hydrogen (secondary N) is 2. The van der Waals surface area contributed by atoms with Gasteiger partial charge in [0.2, 0.25) is 0 Å². The van der Waals surface area contributed by atoms with Gasteiger partial charge in [0.1, 0.15) is 17.3 Å². The highest BCUT2D eigenvalue weighted by Gasteiger charge is 2.24. The molecular weight excluding hydrogens is 387 g/mol. The topological polar surface area (TPSA) is 54.1 Å². The van der Waals surface area contributed by atoms with Crippen LogP contribution in [-0.4, -0.2) is 17.5 Å². The van der Waals surface area contributed by atoms with Crippen LogP contribution in [0.3, 0.4) is 0 Å². The van der Waals surface area contributed by atoms with Gasteiger partial charge in [-0.25, -0.2) is 4.39 Å². The molecular formula is C19H16BrFN2O2. The number of carbonyl (C=O) groups is 1. The van der Waals surface area contributed by atoms with E-state index in [0.717, 1.165) is 21.8 Å². The van der Waals surface area contributed by atoms with E-state index in [2.05, 4.69) is 26.2 Å². The molecule has 1 atom stereocenters.